The van der Waals surface area contributed by atoms with Crippen LogP contribution in [0.1, 0.15) is 41.3 Å². The zero-order valence-corrected chi connectivity index (χ0v) is 16.3. The second kappa shape index (κ2) is 8.76. The Bertz CT molecular complexity index is 891. The largest absolute Gasteiger partial charge is 0.452 e. The number of rotatable bonds is 5. The van der Waals surface area contributed by atoms with E-state index >= 15 is 0 Å². The van der Waals surface area contributed by atoms with E-state index in [0.29, 0.717) is 5.69 Å². The molecule has 1 N–H and O–H groups in total. The molecule has 26 heavy (non-hydrogen) atoms. The standard InChI is InChI=1S/C19H16FIN2O3/c1-11(2)15-8-13(21)4-6-17(15)23-18(24)10-26-19(25)14-5-3-12(9-22)7-16(14)20/h3-8,11H,10H2,1-2H3,(H,23,24). The van der Waals surface area contributed by atoms with Crippen molar-refractivity contribution in [1.29, 1.82) is 5.26 Å². The van der Waals surface area contributed by atoms with Crippen molar-refractivity contribution in [3.63, 3.8) is 0 Å². The number of nitrogens with one attached hydrogen (secondary N) is 1. The van der Waals surface area contributed by atoms with Crippen LogP contribution in [-0.4, -0.2) is 18.5 Å². The SMILES string of the molecule is CC(C)c1cc(I)ccc1NC(=O)COC(=O)c1ccc(C#N)cc1F. The van der Waals surface area contributed by atoms with E-state index in [-0.39, 0.29) is 17.0 Å². The molecule has 0 aliphatic rings. The number of nitrogens with zero attached hydrogens (tertiary/aromatic N) is 1. The monoisotopic (exact) mass is 466 g/mol. The lowest BCUT2D eigenvalue weighted by atomic mass is 10.0. The maximum Gasteiger partial charge on any atom is 0.341 e. The number of ether oxygens (including phenoxy) is 1. The Morgan fingerprint density at radius 3 is 2.62 bits per heavy atom. The fraction of sp³-hybridized carbons (Fsp3) is 0.211. The van der Waals surface area contributed by atoms with Crippen molar-refractivity contribution in [3.8, 4) is 6.07 Å². The summed E-state index contributed by atoms with van der Waals surface area (Å²) < 4.78 is 19.7. The Balaban J connectivity index is 2.01. The number of hydrogen-bond donors (Lipinski definition) is 1. The molecule has 1 amide bonds. The summed E-state index contributed by atoms with van der Waals surface area (Å²) >= 11 is 2.19. The molecule has 134 valence electrons. The molecule has 0 saturated carbocycles. The molecule has 0 heterocycles. The van der Waals surface area contributed by atoms with Crippen LogP contribution in [0.15, 0.2) is 36.4 Å². The molecule has 0 bridgehead atoms. The van der Waals surface area contributed by atoms with Gasteiger partial charge in [0.25, 0.3) is 5.91 Å². The summed E-state index contributed by atoms with van der Waals surface area (Å²) in [4.78, 5) is 24.0. The van der Waals surface area contributed by atoms with Crippen molar-refractivity contribution in [2.24, 2.45) is 0 Å². The van der Waals surface area contributed by atoms with Crippen molar-refractivity contribution < 1.29 is 18.7 Å². The molecule has 0 spiro atoms. The molecule has 0 fully saturated rings. The maximum absolute atomic E-state index is 13.8. The predicted molar refractivity (Wildman–Crippen MR) is 103 cm³/mol. The van der Waals surface area contributed by atoms with Gasteiger partial charge in [0.1, 0.15) is 5.82 Å². The van der Waals surface area contributed by atoms with Gasteiger partial charge in [0.05, 0.1) is 17.2 Å². The fourth-order valence-corrected chi connectivity index (χ4v) is 2.79. The van der Waals surface area contributed by atoms with Gasteiger partial charge < -0.3 is 10.1 Å². The van der Waals surface area contributed by atoms with Crippen molar-refractivity contribution in [3.05, 3.63) is 62.5 Å². The summed E-state index contributed by atoms with van der Waals surface area (Å²) in [5, 5.41) is 11.4. The Morgan fingerprint density at radius 1 is 1.27 bits per heavy atom. The first kappa shape index (κ1) is 19.8. The van der Waals surface area contributed by atoms with Gasteiger partial charge in [0, 0.05) is 9.26 Å². The van der Waals surface area contributed by atoms with Crippen LogP contribution in [0.25, 0.3) is 0 Å². The molecule has 2 rings (SSSR count). The molecule has 0 unspecified atom stereocenters. The van der Waals surface area contributed by atoms with Crippen molar-refractivity contribution >= 4 is 40.2 Å². The topological polar surface area (TPSA) is 79.2 Å². The summed E-state index contributed by atoms with van der Waals surface area (Å²) in [6, 6.07) is 10.8. The second-order valence-electron chi connectivity index (χ2n) is 5.82. The van der Waals surface area contributed by atoms with Gasteiger partial charge in [-0.3, -0.25) is 4.79 Å². The van der Waals surface area contributed by atoms with E-state index in [4.69, 9.17) is 10.00 Å². The van der Waals surface area contributed by atoms with Crippen LogP contribution in [0, 0.1) is 20.7 Å². The van der Waals surface area contributed by atoms with Gasteiger partial charge in [-0.05, 0) is 70.5 Å². The van der Waals surface area contributed by atoms with Crippen molar-refractivity contribution in [2.45, 2.75) is 19.8 Å². The van der Waals surface area contributed by atoms with Crippen LogP contribution in [0.2, 0.25) is 0 Å². The average molecular weight is 466 g/mol. The van der Waals surface area contributed by atoms with Gasteiger partial charge in [-0.2, -0.15) is 5.26 Å². The van der Waals surface area contributed by atoms with Crippen LogP contribution in [0.3, 0.4) is 0 Å². The average Bonchev–Trinajstić information content (AvgIpc) is 2.60. The minimum Gasteiger partial charge on any atom is -0.452 e. The summed E-state index contributed by atoms with van der Waals surface area (Å²) in [5.41, 5.74) is 1.38. The van der Waals surface area contributed by atoms with Crippen LogP contribution >= 0.6 is 22.6 Å². The van der Waals surface area contributed by atoms with E-state index in [1.54, 1.807) is 12.1 Å². The van der Waals surface area contributed by atoms with Gasteiger partial charge in [-0.25, -0.2) is 9.18 Å². The van der Waals surface area contributed by atoms with Gasteiger partial charge >= 0.3 is 5.97 Å². The first-order valence-corrected chi connectivity index (χ1v) is 8.85. The van der Waals surface area contributed by atoms with Gasteiger partial charge in [0.15, 0.2) is 6.61 Å². The molecule has 5 nitrogen and oxygen atoms in total. The van der Waals surface area contributed by atoms with E-state index < -0.39 is 24.3 Å². The van der Waals surface area contributed by atoms with Gasteiger partial charge in [-0.15, -0.1) is 0 Å². The maximum atomic E-state index is 13.8. The molecule has 0 saturated heterocycles. The van der Waals surface area contributed by atoms with Crippen molar-refractivity contribution in [2.75, 3.05) is 11.9 Å². The fourth-order valence-electron chi connectivity index (χ4n) is 2.27. The highest BCUT2D eigenvalue weighted by Crippen LogP contribution is 2.26. The lowest BCUT2D eigenvalue weighted by molar-refractivity contribution is -0.119. The van der Waals surface area contributed by atoms with Crippen LogP contribution < -0.4 is 5.32 Å². The Morgan fingerprint density at radius 2 is 2.00 bits per heavy atom. The Kier molecular flexibility index (Phi) is 6.69. The number of carbonyl (C=O) groups is 2. The number of benzene rings is 2. The number of hydrogen-bond acceptors (Lipinski definition) is 4. The summed E-state index contributed by atoms with van der Waals surface area (Å²) in [6.45, 7) is 3.48. The highest BCUT2D eigenvalue weighted by Gasteiger charge is 2.16. The summed E-state index contributed by atoms with van der Waals surface area (Å²) in [6.07, 6.45) is 0. The minimum absolute atomic E-state index is 0.0942. The zero-order valence-electron chi connectivity index (χ0n) is 14.2. The van der Waals surface area contributed by atoms with Crippen LogP contribution in [0.5, 0.6) is 0 Å². The number of halogens is 2. The number of esters is 1. The van der Waals surface area contributed by atoms with E-state index in [9.17, 15) is 14.0 Å². The zero-order chi connectivity index (χ0) is 19.3. The number of amides is 1. The number of carbonyl (C=O) groups excluding carboxylic acids is 2. The highest BCUT2D eigenvalue weighted by atomic mass is 127. The van der Waals surface area contributed by atoms with Gasteiger partial charge in [0.2, 0.25) is 0 Å². The molecular weight excluding hydrogens is 450 g/mol. The molecule has 7 heteroatoms. The summed E-state index contributed by atoms with van der Waals surface area (Å²) in [5.74, 6) is -2.14. The van der Waals surface area contributed by atoms with E-state index in [0.717, 1.165) is 21.3 Å². The highest BCUT2D eigenvalue weighted by molar-refractivity contribution is 14.1. The predicted octanol–water partition coefficient (Wildman–Crippen LogP) is 4.22. The Hall–Kier alpha value is -2.47. The lowest BCUT2D eigenvalue weighted by Gasteiger charge is -2.14. The third-order valence-corrected chi connectivity index (χ3v) is 4.23. The molecule has 0 atom stereocenters. The number of anilines is 1. The van der Waals surface area contributed by atoms with Crippen LogP contribution in [-0.2, 0) is 9.53 Å². The third kappa shape index (κ3) is 5.02. The van der Waals surface area contributed by atoms with Crippen LogP contribution in [0.4, 0.5) is 10.1 Å². The smallest absolute Gasteiger partial charge is 0.341 e. The van der Waals surface area contributed by atoms with E-state index in [1.165, 1.54) is 6.07 Å². The number of nitriles is 1. The van der Waals surface area contributed by atoms with Crippen molar-refractivity contribution in [1.82, 2.24) is 0 Å². The lowest BCUT2D eigenvalue weighted by Crippen LogP contribution is -2.22. The molecule has 2 aromatic carbocycles. The van der Waals surface area contributed by atoms with E-state index in [1.807, 2.05) is 26.0 Å². The molecule has 0 aromatic heterocycles. The molecule has 0 aliphatic carbocycles. The molecule has 0 radical (unpaired) electrons. The molecule has 0 aliphatic heterocycles. The normalized spacial score (nSPS) is 10.3. The minimum atomic E-state index is -0.964. The molecular formula is C19H16FIN2O3. The quantitative estimate of drug-likeness (QED) is 0.529. The summed E-state index contributed by atoms with van der Waals surface area (Å²) in [7, 11) is 0. The second-order valence-corrected chi connectivity index (χ2v) is 7.06. The first-order valence-electron chi connectivity index (χ1n) is 7.78. The first-order chi connectivity index (χ1) is 12.3. The van der Waals surface area contributed by atoms with E-state index in [2.05, 4.69) is 27.9 Å². The van der Waals surface area contributed by atoms with Gasteiger partial charge in [-0.1, -0.05) is 13.8 Å². The third-order valence-electron chi connectivity index (χ3n) is 3.56. The Labute approximate surface area is 164 Å². The molecule has 2 aromatic rings.